The van der Waals surface area contributed by atoms with Crippen LogP contribution in [0, 0.1) is 6.92 Å². The molecule has 0 saturated heterocycles. The Balaban J connectivity index is 1.65. The molecule has 0 radical (unpaired) electrons. The number of hydrogen-bond acceptors (Lipinski definition) is 6. The van der Waals surface area contributed by atoms with Gasteiger partial charge in [0.15, 0.2) is 6.61 Å². The molecule has 0 bridgehead atoms. The second-order valence-corrected chi connectivity index (χ2v) is 5.45. The number of rotatable bonds is 6. The molecule has 22 heavy (non-hydrogen) atoms. The molecule has 1 fully saturated rings. The largest absolute Gasteiger partial charge is 0.485 e. The lowest BCUT2D eigenvalue weighted by Gasteiger charge is -2.09. The fraction of sp³-hybridized carbons (Fsp3) is 0.438. The Morgan fingerprint density at radius 1 is 1.41 bits per heavy atom. The Kier molecular flexibility index (Phi) is 4.09. The van der Waals surface area contributed by atoms with E-state index < -0.39 is 0 Å². The van der Waals surface area contributed by atoms with Crippen molar-refractivity contribution in [1.82, 2.24) is 10.1 Å². The summed E-state index contributed by atoms with van der Waals surface area (Å²) < 4.78 is 11.0. The van der Waals surface area contributed by atoms with Crippen LogP contribution in [0.3, 0.4) is 0 Å². The molecular weight excluding hydrogens is 282 g/mol. The van der Waals surface area contributed by atoms with Crippen LogP contribution >= 0.6 is 0 Å². The molecule has 2 aromatic rings. The van der Waals surface area contributed by atoms with Gasteiger partial charge in [0.2, 0.25) is 11.7 Å². The highest BCUT2D eigenvalue weighted by Crippen LogP contribution is 2.38. The molecule has 0 N–H and O–H groups in total. The maximum Gasteiger partial charge on any atom is 0.229 e. The standard InChI is InChI=1S/C16H19N3O3/c1-10-8-13(11(2)18-20-3)6-7-14(10)21-9-15-17-16(22-19-15)12-4-5-12/h6-8,12H,4-5,9H2,1-3H3. The van der Waals surface area contributed by atoms with E-state index in [2.05, 4.69) is 15.3 Å². The van der Waals surface area contributed by atoms with Crippen LogP contribution in [0.1, 0.15) is 48.5 Å². The van der Waals surface area contributed by atoms with Crippen molar-refractivity contribution in [2.75, 3.05) is 7.11 Å². The molecular formula is C16H19N3O3. The lowest BCUT2D eigenvalue weighted by molar-refractivity contribution is 0.213. The Bertz CT molecular complexity index is 690. The molecule has 1 aromatic heterocycles. The molecule has 6 heteroatoms. The molecule has 1 aromatic carbocycles. The summed E-state index contributed by atoms with van der Waals surface area (Å²) in [5, 5.41) is 7.87. The summed E-state index contributed by atoms with van der Waals surface area (Å²) in [5.74, 6) is 2.58. The van der Waals surface area contributed by atoms with E-state index >= 15 is 0 Å². The van der Waals surface area contributed by atoms with Crippen LogP contribution in [0.15, 0.2) is 27.9 Å². The molecule has 1 heterocycles. The van der Waals surface area contributed by atoms with Crippen molar-refractivity contribution >= 4 is 5.71 Å². The first-order valence-electron chi connectivity index (χ1n) is 7.31. The highest BCUT2D eigenvalue weighted by atomic mass is 16.6. The molecule has 1 aliphatic carbocycles. The van der Waals surface area contributed by atoms with Crippen LogP contribution < -0.4 is 4.74 Å². The van der Waals surface area contributed by atoms with Crippen LogP contribution in [0.25, 0.3) is 0 Å². The molecule has 0 unspecified atom stereocenters. The third kappa shape index (κ3) is 3.27. The Hall–Kier alpha value is -2.37. The normalized spacial score (nSPS) is 15.0. The van der Waals surface area contributed by atoms with E-state index in [-0.39, 0.29) is 0 Å². The predicted octanol–water partition coefficient (Wildman–Crippen LogP) is 3.20. The average molecular weight is 301 g/mol. The van der Waals surface area contributed by atoms with E-state index in [9.17, 15) is 0 Å². The first-order chi connectivity index (χ1) is 10.7. The minimum absolute atomic E-state index is 0.307. The zero-order valence-corrected chi connectivity index (χ0v) is 13.0. The summed E-state index contributed by atoms with van der Waals surface area (Å²) >= 11 is 0. The van der Waals surface area contributed by atoms with E-state index in [1.807, 2.05) is 32.0 Å². The molecule has 0 amide bonds. The number of oxime groups is 1. The van der Waals surface area contributed by atoms with Crippen LogP contribution in [0.2, 0.25) is 0 Å². The number of aromatic nitrogens is 2. The summed E-state index contributed by atoms with van der Waals surface area (Å²) in [5.41, 5.74) is 2.85. The first-order valence-corrected chi connectivity index (χ1v) is 7.31. The van der Waals surface area contributed by atoms with E-state index in [0.717, 1.165) is 41.3 Å². The third-order valence-corrected chi connectivity index (χ3v) is 3.59. The Morgan fingerprint density at radius 3 is 2.91 bits per heavy atom. The smallest absolute Gasteiger partial charge is 0.229 e. The van der Waals surface area contributed by atoms with Crippen LogP contribution in [0.5, 0.6) is 5.75 Å². The second-order valence-electron chi connectivity index (χ2n) is 5.45. The molecule has 0 spiro atoms. The zero-order chi connectivity index (χ0) is 15.5. The Morgan fingerprint density at radius 2 is 2.23 bits per heavy atom. The lowest BCUT2D eigenvalue weighted by atomic mass is 10.1. The van der Waals surface area contributed by atoms with Crippen molar-refractivity contribution in [2.45, 2.75) is 39.2 Å². The topological polar surface area (TPSA) is 69.7 Å². The average Bonchev–Trinajstić information content (AvgIpc) is 3.25. The van der Waals surface area contributed by atoms with Gasteiger partial charge in [0, 0.05) is 5.92 Å². The third-order valence-electron chi connectivity index (χ3n) is 3.59. The number of benzene rings is 1. The minimum atomic E-state index is 0.307. The molecule has 1 saturated carbocycles. The van der Waals surface area contributed by atoms with Crippen molar-refractivity contribution in [3.63, 3.8) is 0 Å². The maximum absolute atomic E-state index is 5.77. The number of nitrogens with zero attached hydrogens (tertiary/aromatic N) is 3. The highest BCUT2D eigenvalue weighted by Gasteiger charge is 2.29. The predicted molar refractivity (Wildman–Crippen MR) is 81.0 cm³/mol. The minimum Gasteiger partial charge on any atom is -0.485 e. The number of ether oxygens (including phenoxy) is 1. The fourth-order valence-electron chi connectivity index (χ4n) is 2.19. The van der Waals surface area contributed by atoms with Gasteiger partial charge in [-0.3, -0.25) is 0 Å². The van der Waals surface area contributed by atoms with Crippen LogP contribution in [-0.4, -0.2) is 23.0 Å². The molecule has 6 nitrogen and oxygen atoms in total. The van der Waals surface area contributed by atoms with Gasteiger partial charge in [-0.15, -0.1) is 0 Å². The molecule has 3 rings (SSSR count). The van der Waals surface area contributed by atoms with Crippen molar-refractivity contribution in [3.8, 4) is 5.75 Å². The Labute approximate surface area is 129 Å². The van der Waals surface area contributed by atoms with Gasteiger partial charge in [-0.1, -0.05) is 10.3 Å². The number of hydrogen-bond donors (Lipinski definition) is 0. The van der Waals surface area contributed by atoms with Gasteiger partial charge >= 0.3 is 0 Å². The van der Waals surface area contributed by atoms with Gasteiger partial charge in [0.25, 0.3) is 0 Å². The molecule has 116 valence electrons. The summed E-state index contributed by atoms with van der Waals surface area (Å²) in [6.45, 7) is 4.20. The quantitative estimate of drug-likeness (QED) is 0.605. The summed E-state index contributed by atoms with van der Waals surface area (Å²) in [6.07, 6.45) is 2.29. The van der Waals surface area contributed by atoms with Gasteiger partial charge in [0.1, 0.15) is 12.9 Å². The zero-order valence-electron chi connectivity index (χ0n) is 13.0. The van der Waals surface area contributed by atoms with E-state index in [0.29, 0.717) is 18.3 Å². The molecule has 0 aliphatic heterocycles. The maximum atomic E-state index is 5.77. The molecule has 1 aliphatic rings. The van der Waals surface area contributed by atoms with Crippen molar-refractivity contribution in [2.24, 2.45) is 5.16 Å². The lowest BCUT2D eigenvalue weighted by Crippen LogP contribution is -2.01. The second kappa shape index (κ2) is 6.17. The van der Waals surface area contributed by atoms with Gasteiger partial charge in [-0.2, -0.15) is 4.98 Å². The highest BCUT2D eigenvalue weighted by molar-refractivity contribution is 5.98. The monoisotopic (exact) mass is 301 g/mol. The number of aryl methyl sites for hydroxylation is 1. The van der Waals surface area contributed by atoms with E-state index in [4.69, 9.17) is 14.1 Å². The van der Waals surface area contributed by atoms with Crippen molar-refractivity contribution in [3.05, 3.63) is 41.0 Å². The van der Waals surface area contributed by atoms with Gasteiger partial charge in [-0.05, 0) is 56.0 Å². The van der Waals surface area contributed by atoms with Crippen molar-refractivity contribution in [1.29, 1.82) is 0 Å². The summed E-state index contributed by atoms with van der Waals surface area (Å²) in [4.78, 5) is 9.14. The summed E-state index contributed by atoms with van der Waals surface area (Å²) in [7, 11) is 1.54. The van der Waals surface area contributed by atoms with Gasteiger partial charge < -0.3 is 14.1 Å². The SMILES string of the molecule is CON=C(C)c1ccc(OCc2noc(C3CC3)n2)c(C)c1. The van der Waals surface area contributed by atoms with Crippen LogP contribution in [-0.2, 0) is 11.4 Å². The van der Waals surface area contributed by atoms with E-state index in [1.54, 1.807) is 0 Å². The van der Waals surface area contributed by atoms with Crippen molar-refractivity contribution < 1.29 is 14.1 Å². The summed E-state index contributed by atoms with van der Waals surface area (Å²) in [6, 6.07) is 5.88. The van der Waals surface area contributed by atoms with Gasteiger partial charge in [-0.25, -0.2) is 0 Å². The fourth-order valence-corrected chi connectivity index (χ4v) is 2.19. The van der Waals surface area contributed by atoms with Gasteiger partial charge in [0.05, 0.1) is 5.71 Å². The van der Waals surface area contributed by atoms with E-state index in [1.165, 1.54) is 7.11 Å². The molecule has 0 atom stereocenters. The van der Waals surface area contributed by atoms with Crippen LogP contribution in [0.4, 0.5) is 0 Å². The first kappa shape index (κ1) is 14.6.